The molecule has 1 aromatic rings. The molecule has 1 saturated carbocycles. The zero-order valence-electron chi connectivity index (χ0n) is 11.5. The molecule has 0 bridgehead atoms. The Bertz CT molecular complexity index is 427. The van der Waals surface area contributed by atoms with Gasteiger partial charge in [0.05, 0.1) is 5.60 Å². The maximum Gasteiger partial charge on any atom is 0.129 e. The largest absolute Gasteiger partial charge is 0.378 e. The summed E-state index contributed by atoms with van der Waals surface area (Å²) in [5.41, 5.74) is 0.496. The number of ether oxygens (including phenoxy) is 1. The predicted octanol–water partition coefficient (Wildman–Crippen LogP) is 3.05. The summed E-state index contributed by atoms with van der Waals surface area (Å²) in [5, 5.41) is 3.21. The van der Waals surface area contributed by atoms with Crippen LogP contribution < -0.4 is 5.32 Å². The van der Waals surface area contributed by atoms with Gasteiger partial charge in [0, 0.05) is 19.2 Å². The third-order valence-electron chi connectivity index (χ3n) is 4.21. The number of benzene rings is 1. The lowest BCUT2D eigenvalue weighted by Gasteiger charge is -2.42. The van der Waals surface area contributed by atoms with Crippen LogP contribution in [-0.4, -0.2) is 25.8 Å². The van der Waals surface area contributed by atoms with Crippen molar-refractivity contribution in [3.63, 3.8) is 0 Å². The molecule has 19 heavy (non-hydrogen) atoms. The van der Waals surface area contributed by atoms with Gasteiger partial charge in [0.25, 0.3) is 0 Å². The smallest absolute Gasteiger partial charge is 0.129 e. The van der Waals surface area contributed by atoms with Crippen LogP contribution in [0.3, 0.4) is 0 Å². The van der Waals surface area contributed by atoms with E-state index < -0.39 is 11.6 Å². The molecule has 2 rings (SSSR count). The second-order valence-electron chi connectivity index (χ2n) is 5.37. The SMILES string of the molecule is CNC(Cc1ccc(F)cc1F)CC1(OC)CCC1. The van der Waals surface area contributed by atoms with Crippen LogP contribution >= 0.6 is 0 Å². The van der Waals surface area contributed by atoms with Crippen molar-refractivity contribution in [3.8, 4) is 0 Å². The Labute approximate surface area is 113 Å². The van der Waals surface area contributed by atoms with Gasteiger partial charge in [0.2, 0.25) is 0 Å². The number of methoxy groups -OCH3 is 1. The van der Waals surface area contributed by atoms with Crippen molar-refractivity contribution in [2.24, 2.45) is 0 Å². The van der Waals surface area contributed by atoms with E-state index in [1.807, 2.05) is 7.05 Å². The highest BCUT2D eigenvalue weighted by molar-refractivity contribution is 5.20. The van der Waals surface area contributed by atoms with E-state index in [0.717, 1.165) is 25.3 Å². The summed E-state index contributed by atoms with van der Waals surface area (Å²) in [7, 11) is 3.61. The standard InChI is InChI=1S/C15H21F2NO/c1-18-13(10-15(19-2)6-3-7-15)8-11-4-5-12(16)9-14(11)17/h4-5,9,13,18H,3,6-8,10H2,1-2H3. The molecule has 0 spiro atoms. The molecule has 1 N–H and O–H groups in total. The van der Waals surface area contributed by atoms with Gasteiger partial charge in [-0.05, 0) is 50.8 Å². The molecule has 1 aromatic carbocycles. The number of halogens is 2. The Balaban J connectivity index is 2.02. The Morgan fingerprint density at radius 2 is 2.11 bits per heavy atom. The fraction of sp³-hybridized carbons (Fsp3) is 0.600. The molecule has 0 amide bonds. The maximum absolute atomic E-state index is 13.7. The zero-order chi connectivity index (χ0) is 13.9. The Hall–Kier alpha value is -1.00. The van der Waals surface area contributed by atoms with E-state index >= 15 is 0 Å². The zero-order valence-corrected chi connectivity index (χ0v) is 11.5. The minimum Gasteiger partial charge on any atom is -0.378 e. The van der Waals surface area contributed by atoms with Crippen LogP contribution in [0.2, 0.25) is 0 Å². The third-order valence-corrected chi connectivity index (χ3v) is 4.21. The molecule has 1 atom stereocenters. The van der Waals surface area contributed by atoms with Crippen molar-refractivity contribution in [2.75, 3.05) is 14.2 Å². The van der Waals surface area contributed by atoms with E-state index in [9.17, 15) is 8.78 Å². The molecule has 1 fully saturated rings. The van der Waals surface area contributed by atoms with E-state index in [4.69, 9.17) is 4.74 Å². The van der Waals surface area contributed by atoms with Crippen LogP contribution in [0, 0.1) is 11.6 Å². The van der Waals surface area contributed by atoms with Crippen molar-refractivity contribution in [1.82, 2.24) is 5.32 Å². The van der Waals surface area contributed by atoms with Gasteiger partial charge in [-0.2, -0.15) is 0 Å². The van der Waals surface area contributed by atoms with Crippen LogP contribution in [0.15, 0.2) is 18.2 Å². The minimum atomic E-state index is -0.533. The Morgan fingerprint density at radius 1 is 1.37 bits per heavy atom. The quantitative estimate of drug-likeness (QED) is 0.857. The monoisotopic (exact) mass is 269 g/mol. The normalized spacial score (nSPS) is 18.9. The lowest BCUT2D eigenvalue weighted by Crippen LogP contribution is -2.45. The van der Waals surface area contributed by atoms with Crippen molar-refractivity contribution in [2.45, 2.75) is 43.7 Å². The summed E-state index contributed by atoms with van der Waals surface area (Å²) < 4.78 is 32.1. The van der Waals surface area contributed by atoms with Gasteiger partial charge in [-0.25, -0.2) is 8.78 Å². The molecule has 0 radical (unpaired) electrons. The highest BCUT2D eigenvalue weighted by Crippen LogP contribution is 2.39. The fourth-order valence-electron chi connectivity index (χ4n) is 2.74. The molecule has 0 aromatic heterocycles. The van der Waals surface area contributed by atoms with Gasteiger partial charge in [-0.3, -0.25) is 0 Å². The molecule has 4 heteroatoms. The van der Waals surface area contributed by atoms with Crippen LogP contribution in [0.25, 0.3) is 0 Å². The minimum absolute atomic E-state index is 0.0514. The molecular formula is C15H21F2NO. The first-order valence-electron chi connectivity index (χ1n) is 6.75. The molecule has 1 unspecified atom stereocenters. The van der Waals surface area contributed by atoms with Gasteiger partial charge >= 0.3 is 0 Å². The molecular weight excluding hydrogens is 248 g/mol. The third kappa shape index (κ3) is 3.31. The van der Waals surface area contributed by atoms with E-state index in [1.165, 1.54) is 18.6 Å². The van der Waals surface area contributed by atoms with Crippen molar-refractivity contribution in [1.29, 1.82) is 0 Å². The predicted molar refractivity (Wildman–Crippen MR) is 71.1 cm³/mol. The molecule has 1 aliphatic rings. The lowest BCUT2D eigenvalue weighted by molar-refractivity contribution is -0.0830. The van der Waals surface area contributed by atoms with Crippen LogP contribution in [0.1, 0.15) is 31.2 Å². The van der Waals surface area contributed by atoms with Crippen LogP contribution in [0.4, 0.5) is 8.78 Å². The van der Waals surface area contributed by atoms with Gasteiger partial charge in [0.15, 0.2) is 0 Å². The average molecular weight is 269 g/mol. The number of hydrogen-bond acceptors (Lipinski definition) is 2. The highest BCUT2D eigenvalue weighted by atomic mass is 19.1. The van der Waals surface area contributed by atoms with Gasteiger partial charge < -0.3 is 10.1 Å². The summed E-state index contributed by atoms with van der Waals surface area (Å²) in [4.78, 5) is 0. The lowest BCUT2D eigenvalue weighted by atomic mass is 9.75. The van der Waals surface area contributed by atoms with Gasteiger partial charge in [0.1, 0.15) is 11.6 Å². The second kappa shape index (κ2) is 5.97. The molecule has 0 saturated heterocycles. The van der Waals surface area contributed by atoms with Gasteiger partial charge in [-0.1, -0.05) is 6.07 Å². The van der Waals surface area contributed by atoms with E-state index in [-0.39, 0.29) is 11.6 Å². The summed E-state index contributed by atoms with van der Waals surface area (Å²) >= 11 is 0. The van der Waals surface area contributed by atoms with Crippen LogP contribution in [-0.2, 0) is 11.2 Å². The van der Waals surface area contributed by atoms with Crippen molar-refractivity contribution < 1.29 is 13.5 Å². The molecule has 0 aliphatic heterocycles. The number of hydrogen-bond donors (Lipinski definition) is 1. The molecule has 2 nitrogen and oxygen atoms in total. The number of nitrogens with one attached hydrogen (secondary N) is 1. The summed E-state index contributed by atoms with van der Waals surface area (Å²) in [5.74, 6) is -1.00. The first kappa shape index (κ1) is 14.4. The summed E-state index contributed by atoms with van der Waals surface area (Å²) in [6, 6.07) is 3.91. The van der Waals surface area contributed by atoms with Crippen molar-refractivity contribution in [3.05, 3.63) is 35.4 Å². The fourth-order valence-corrected chi connectivity index (χ4v) is 2.74. The van der Waals surface area contributed by atoms with Gasteiger partial charge in [-0.15, -0.1) is 0 Å². The maximum atomic E-state index is 13.7. The highest BCUT2D eigenvalue weighted by Gasteiger charge is 2.38. The van der Waals surface area contributed by atoms with E-state index in [0.29, 0.717) is 12.0 Å². The molecule has 0 heterocycles. The first-order valence-corrected chi connectivity index (χ1v) is 6.75. The Kier molecular flexibility index (Phi) is 4.53. The summed E-state index contributed by atoms with van der Waals surface area (Å²) in [6.45, 7) is 0. The van der Waals surface area contributed by atoms with Crippen LogP contribution in [0.5, 0.6) is 0 Å². The second-order valence-corrected chi connectivity index (χ2v) is 5.37. The number of likely N-dealkylation sites (N-methyl/N-ethyl adjacent to an activating group) is 1. The van der Waals surface area contributed by atoms with E-state index in [1.54, 1.807) is 7.11 Å². The van der Waals surface area contributed by atoms with Crippen molar-refractivity contribution >= 4 is 0 Å². The Morgan fingerprint density at radius 3 is 2.58 bits per heavy atom. The molecule has 1 aliphatic carbocycles. The average Bonchev–Trinajstić information content (AvgIpc) is 2.35. The topological polar surface area (TPSA) is 21.3 Å². The summed E-state index contributed by atoms with van der Waals surface area (Å²) in [6.07, 6.45) is 4.72. The first-order chi connectivity index (χ1) is 9.08. The number of rotatable bonds is 6. The molecule has 106 valence electrons. The van der Waals surface area contributed by atoms with E-state index in [2.05, 4.69) is 5.32 Å².